The maximum absolute atomic E-state index is 6.12. The van der Waals surface area contributed by atoms with Gasteiger partial charge >= 0.3 is 0 Å². The molecule has 1 aliphatic carbocycles. The molecule has 0 radical (unpaired) electrons. The quantitative estimate of drug-likeness (QED) is 0.210. The first-order valence-corrected chi connectivity index (χ1v) is 17.1. The maximum Gasteiger partial charge on any atom is 0.140 e. The number of hydrogen-bond donors (Lipinski definition) is 0. The van der Waals surface area contributed by atoms with E-state index < -0.39 is 8.07 Å². The van der Waals surface area contributed by atoms with Crippen molar-refractivity contribution in [2.24, 2.45) is 0 Å². The van der Waals surface area contributed by atoms with Gasteiger partial charge in [-0.3, -0.25) is 0 Å². The summed E-state index contributed by atoms with van der Waals surface area (Å²) in [4.78, 5) is 6.29. The maximum atomic E-state index is 6.12. The molecule has 33 heavy (non-hydrogen) atoms. The highest BCUT2D eigenvalue weighted by atomic mass is 79.9. The number of hydrogen-bond acceptors (Lipinski definition) is 5. The van der Waals surface area contributed by atoms with E-state index in [1.807, 2.05) is 11.3 Å². The minimum absolute atomic E-state index is 0.513. The van der Waals surface area contributed by atoms with Crippen molar-refractivity contribution in [1.29, 1.82) is 0 Å². The molecule has 0 unspecified atom stereocenters. The monoisotopic (exact) mass is 544 g/mol. The van der Waals surface area contributed by atoms with Gasteiger partial charge in [-0.1, -0.05) is 31.8 Å². The molecule has 1 aromatic carbocycles. The van der Waals surface area contributed by atoms with Crippen LogP contribution in [0.2, 0.25) is 25.7 Å². The van der Waals surface area contributed by atoms with Crippen LogP contribution < -0.4 is 4.90 Å². The molecule has 5 nitrogen and oxygen atoms in total. The lowest BCUT2D eigenvalue weighted by atomic mass is 10.1. The van der Waals surface area contributed by atoms with Crippen molar-refractivity contribution >= 4 is 41.0 Å². The summed E-state index contributed by atoms with van der Waals surface area (Å²) in [6.07, 6.45) is 0.950. The molecule has 1 saturated heterocycles. The highest BCUT2D eigenvalue weighted by molar-refractivity contribution is 9.11. The molecule has 1 aliphatic heterocycles. The van der Waals surface area contributed by atoms with Gasteiger partial charge in [0.2, 0.25) is 0 Å². The number of halogens is 1. The van der Waals surface area contributed by atoms with Crippen LogP contribution in [0.15, 0.2) is 34.1 Å². The third kappa shape index (κ3) is 5.00. The lowest BCUT2D eigenvalue weighted by molar-refractivity contribution is 0.0799. The highest BCUT2D eigenvalue weighted by Crippen LogP contribution is 2.46. The molecule has 176 valence electrons. The molecule has 0 spiro atoms. The van der Waals surface area contributed by atoms with Gasteiger partial charge in [-0.2, -0.15) is 5.10 Å². The number of thiophene rings is 1. The van der Waals surface area contributed by atoms with Crippen molar-refractivity contribution in [3.05, 3.63) is 44.6 Å². The minimum Gasteiger partial charge on any atom is -0.369 e. The molecule has 1 fully saturated rings. The normalized spacial score (nSPS) is 16.3. The van der Waals surface area contributed by atoms with Crippen molar-refractivity contribution in [1.82, 2.24) is 14.7 Å². The number of likely N-dealkylation sites (N-methyl/N-ethyl adjacent to an activating group) is 1. The van der Waals surface area contributed by atoms with Crippen molar-refractivity contribution in [3.8, 4) is 22.5 Å². The number of fused-ring (bicyclic) bond motifs is 3. The van der Waals surface area contributed by atoms with Gasteiger partial charge in [-0.05, 0) is 47.2 Å². The van der Waals surface area contributed by atoms with Crippen molar-refractivity contribution in [2.45, 2.75) is 38.8 Å². The van der Waals surface area contributed by atoms with Crippen LogP contribution in [0.1, 0.15) is 10.4 Å². The zero-order chi connectivity index (χ0) is 23.2. The Hall–Kier alpha value is -1.45. The fraction of sp³-hybridized carbons (Fsp3) is 0.480. The number of aromatic nitrogens is 2. The molecule has 2 aromatic heterocycles. The number of ether oxygens (including phenoxy) is 1. The van der Waals surface area contributed by atoms with Gasteiger partial charge < -0.3 is 14.5 Å². The number of rotatable bonds is 7. The van der Waals surface area contributed by atoms with E-state index in [1.54, 1.807) is 0 Å². The zero-order valence-corrected chi connectivity index (χ0v) is 23.4. The topological polar surface area (TPSA) is 33.5 Å². The Bertz CT molecular complexity index is 1130. The molecule has 0 N–H and O–H groups in total. The van der Waals surface area contributed by atoms with E-state index in [4.69, 9.17) is 9.84 Å². The van der Waals surface area contributed by atoms with Crippen molar-refractivity contribution in [3.63, 3.8) is 0 Å². The molecule has 0 atom stereocenters. The number of anilines is 1. The molecule has 8 heteroatoms. The van der Waals surface area contributed by atoms with Gasteiger partial charge in [0.1, 0.15) is 6.73 Å². The van der Waals surface area contributed by atoms with Crippen molar-refractivity contribution < 1.29 is 4.74 Å². The number of benzene rings is 1. The predicted octanol–water partition coefficient (Wildman–Crippen LogP) is 6.01. The summed E-state index contributed by atoms with van der Waals surface area (Å²) in [5.74, 6) is 0. The van der Waals surface area contributed by atoms with Crippen LogP contribution in [0.25, 0.3) is 22.5 Å². The average molecular weight is 546 g/mol. The first-order chi connectivity index (χ1) is 15.8. The SMILES string of the molecule is CN1CCN(c2ccc(-c3nn(COCC[Si](C)(C)C)c4c3Cc3sc(Br)cc3-4)cc2)CC1. The number of nitrogens with zero attached hydrogens (tertiary/aromatic N) is 4. The van der Waals surface area contributed by atoms with Gasteiger partial charge in [-0.25, -0.2) is 4.68 Å². The van der Waals surface area contributed by atoms with E-state index in [2.05, 4.69) is 87.4 Å². The Kier molecular flexibility index (Phi) is 6.57. The third-order valence-electron chi connectivity index (χ3n) is 6.64. The summed E-state index contributed by atoms with van der Waals surface area (Å²) in [6, 6.07) is 12.4. The summed E-state index contributed by atoms with van der Waals surface area (Å²) in [5.41, 5.74) is 7.48. The minimum atomic E-state index is -1.11. The standard InChI is InChI=1S/C25H33BrN4OSSi/c1-28-9-11-29(12-10-28)19-7-5-18(6-8-19)24-21-15-22-20(16-23(26)32-22)25(21)30(27-24)17-31-13-14-33(2,3)4/h5-8,16H,9-15,17H2,1-4H3. The van der Waals surface area contributed by atoms with Crippen molar-refractivity contribution in [2.75, 3.05) is 44.7 Å². The molecule has 3 aromatic rings. The second-order valence-corrected chi connectivity index (χ2v) is 18.6. The second-order valence-electron chi connectivity index (χ2n) is 10.4. The summed E-state index contributed by atoms with van der Waals surface area (Å²) in [7, 11) is 1.09. The van der Waals surface area contributed by atoms with Gasteiger partial charge in [0, 0.05) is 74.5 Å². The van der Waals surface area contributed by atoms with Crippen LogP contribution in [-0.2, 0) is 17.9 Å². The summed E-state index contributed by atoms with van der Waals surface area (Å²) < 4.78 is 9.39. The van der Waals surface area contributed by atoms with Gasteiger partial charge in [0.15, 0.2) is 0 Å². The van der Waals surface area contributed by atoms with Gasteiger partial charge in [-0.15, -0.1) is 11.3 Å². The Morgan fingerprint density at radius 3 is 2.52 bits per heavy atom. The fourth-order valence-electron chi connectivity index (χ4n) is 4.61. The third-order valence-corrected chi connectivity index (χ3v) is 9.98. The van der Waals surface area contributed by atoms with E-state index in [9.17, 15) is 0 Å². The molecule has 2 aliphatic rings. The van der Waals surface area contributed by atoms with Crippen LogP contribution in [0.5, 0.6) is 0 Å². The Morgan fingerprint density at radius 1 is 1.09 bits per heavy atom. The molecule has 3 heterocycles. The van der Waals surface area contributed by atoms with Gasteiger partial charge in [0.05, 0.1) is 15.2 Å². The van der Waals surface area contributed by atoms with Gasteiger partial charge in [0.25, 0.3) is 0 Å². The molecular formula is C25H33BrN4OSSi. The highest BCUT2D eigenvalue weighted by Gasteiger charge is 2.30. The molecule has 0 saturated carbocycles. The van der Waals surface area contributed by atoms with Crippen LogP contribution in [0.3, 0.4) is 0 Å². The van der Waals surface area contributed by atoms with E-state index in [-0.39, 0.29) is 0 Å². The fourth-order valence-corrected chi connectivity index (χ4v) is 7.07. The van der Waals surface area contributed by atoms with E-state index in [1.165, 1.54) is 42.8 Å². The van der Waals surface area contributed by atoms with Crippen LogP contribution in [-0.4, -0.2) is 62.6 Å². The second kappa shape index (κ2) is 9.30. The van der Waals surface area contributed by atoms with E-state index in [0.717, 1.165) is 44.9 Å². The summed E-state index contributed by atoms with van der Waals surface area (Å²) in [6.45, 7) is 12.9. The van der Waals surface area contributed by atoms with Crippen LogP contribution >= 0.6 is 27.3 Å². The lowest BCUT2D eigenvalue weighted by Crippen LogP contribution is -2.44. The largest absolute Gasteiger partial charge is 0.369 e. The van der Waals surface area contributed by atoms with Crippen LogP contribution in [0, 0.1) is 0 Å². The molecular weight excluding hydrogens is 512 g/mol. The molecule has 5 rings (SSSR count). The lowest BCUT2D eigenvalue weighted by Gasteiger charge is -2.34. The predicted molar refractivity (Wildman–Crippen MR) is 145 cm³/mol. The summed E-state index contributed by atoms with van der Waals surface area (Å²) in [5, 5.41) is 5.07. The first-order valence-electron chi connectivity index (χ1n) is 11.8. The summed E-state index contributed by atoms with van der Waals surface area (Å²) >= 11 is 5.51. The molecule has 0 bridgehead atoms. The Balaban J connectivity index is 1.40. The molecule has 0 amide bonds. The van der Waals surface area contributed by atoms with E-state index >= 15 is 0 Å². The smallest absolute Gasteiger partial charge is 0.140 e. The van der Waals surface area contributed by atoms with Crippen LogP contribution in [0.4, 0.5) is 5.69 Å². The zero-order valence-electron chi connectivity index (χ0n) is 20.0. The Morgan fingerprint density at radius 2 is 1.82 bits per heavy atom. The first kappa shape index (κ1) is 23.3. The Labute approximate surface area is 210 Å². The van der Waals surface area contributed by atoms with E-state index in [0.29, 0.717) is 6.73 Å². The average Bonchev–Trinajstić information content (AvgIpc) is 3.40. The number of piperazine rings is 1.